The van der Waals surface area contributed by atoms with E-state index in [1.807, 2.05) is 36.5 Å². The van der Waals surface area contributed by atoms with Crippen molar-refractivity contribution in [1.29, 1.82) is 0 Å². The second kappa shape index (κ2) is 8.71. The van der Waals surface area contributed by atoms with Crippen LogP contribution in [0.2, 0.25) is 0 Å². The van der Waals surface area contributed by atoms with Crippen LogP contribution in [0, 0.1) is 12.8 Å². The molecule has 0 aliphatic heterocycles. The second-order valence-corrected chi connectivity index (χ2v) is 9.57. The molecule has 0 spiro atoms. The molecule has 1 saturated carbocycles. The first kappa shape index (κ1) is 21.4. The molecule has 2 aliphatic carbocycles. The minimum Gasteiger partial charge on any atom is -0.487 e. The van der Waals surface area contributed by atoms with Gasteiger partial charge < -0.3 is 20.1 Å². The van der Waals surface area contributed by atoms with Gasteiger partial charge in [0.1, 0.15) is 18.0 Å². The van der Waals surface area contributed by atoms with Crippen LogP contribution in [0.15, 0.2) is 36.5 Å². The number of fused-ring (bicyclic) bond motifs is 2. The molecule has 30 heavy (non-hydrogen) atoms. The number of hydrogen-bond acceptors (Lipinski definition) is 5. The highest BCUT2D eigenvalue weighted by Gasteiger charge is 2.37. The Morgan fingerprint density at radius 1 is 1.27 bits per heavy atom. The number of halogens is 1. The molecule has 0 bridgehead atoms. The highest BCUT2D eigenvalue weighted by Crippen LogP contribution is 2.33. The predicted molar refractivity (Wildman–Crippen MR) is 122 cm³/mol. The fourth-order valence-electron chi connectivity index (χ4n) is 4.72. The molecule has 160 valence electrons. The van der Waals surface area contributed by atoms with Gasteiger partial charge in [0.2, 0.25) is 0 Å². The van der Waals surface area contributed by atoms with E-state index in [1.54, 1.807) is 11.3 Å². The molecule has 3 aromatic rings. The Hall–Kier alpha value is -1.86. The van der Waals surface area contributed by atoms with Gasteiger partial charge in [-0.1, -0.05) is 6.07 Å². The van der Waals surface area contributed by atoms with E-state index in [4.69, 9.17) is 4.74 Å². The van der Waals surface area contributed by atoms with E-state index in [0.29, 0.717) is 6.54 Å². The van der Waals surface area contributed by atoms with Crippen molar-refractivity contribution in [3.05, 3.63) is 51.8 Å². The number of carbonyl (C=O) groups is 1. The number of ether oxygens (including phenoxy) is 1. The fourth-order valence-corrected chi connectivity index (χ4v) is 5.77. The summed E-state index contributed by atoms with van der Waals surface area (Å²) in [5.74, 6) is 1.05. The zero-order valence-electron chi connectivity index (χ0n) is 16.9. The predicted octanol–water partition coefficient (Wildman–Crippen LogP) is 4.27. The molecule has 2 heterocycles. The first-order valence-electron chi connectivity index (χ1n) is 10.4. The van der Waals surface area contributed by atoms with Gasteiger partial charge in [0.15, 0.2) is 5.78 Å². The standard InChI is InChI=1S/C23H26N2O3S.ClH/c1-13-11-16-21(29-13)8-5-14(22(16)26)12-25-18-6-7-20(23(18)27)28-19-4-2-3-17-15(19)9-10-24-17;/h2-4,9-11,14,18,20,23-25,27H,5-8,12H2,1H3;1H. The number of hydrogen-bond donors (Lipinski definition) is 3. The Bertz CT molecular complexity index is 1050. The van der Waals surface area contributed by atoms with Crippen molar-refractivity contribution in [3.63, 3.8) is 0 Å². The molecule has 5 rings (SSSR count). The van der Waals surface area contributed by atoms with Crippen LogP contribution in [0.5, 0.6) is 5.75 Å². The molecule has 0 amide bonds. The average molecular weight is 447 g/mol. The van der Waals surface area contributed by atoms with Crippen molar-refractivity contribution in [2.45, 2.75) is 50.9 Å². The van der Waals surface area contributed by atoms with Gasteiger partial charge in [0, 0.05) is 50.9 Å². The molecule has 0 saturated heterocycles. The molecule has 2 aromatic heterocycles. The van der Waals surface area contributed by atoms with E-state index >= 15 is 0 Å². The van der Waals surface area contributed by atoms with E-state index in [9.17, 15) is 9.90 Å². The summed E-state index contributed by atoms with van der Waals surface area (Å²) in [6.07, 6.45) is 4.59. The van der Waals surface area contributed by atoms with Crippen molar-refractivity contribution >= 4 is 40.4 Å². The maximum atomic E-state index is 12.8. The lowest BCUT2D eigenvalue weighted by molar-refractivity contribution is 0.0450. The van der Waals surface area contributed by atoms with Crippen LogP contribution in [0.4, 0.5) is 0 Å². The Morgan fingerprint density at radius 2 is 2.13 bits per heavy atom. The van der Waals surface area contributed by atoms with Crippen molar-refractivity contribution in [2.75, 3.05) is 6.54 Å². The zero-order valence-corrected chi connectivity index (χ0v) is 18.5. The lowest BCUT2D eigenvalue weighted by Gasteiger charge is -2.25. The number of H-pyrrole nitrogens is 1. The van der Waals surface area contributed by atoms with E-state index in [1.165, 1.54) is 9.75 Å². The minimum absolute atomic E-state index is 0. The van der Waals surface area contributed by atoms with Gasteiger partial charge in [-0.05, 0) is 56.9 Å². The lowest BCUT2D eigenvalue weighted by atomic mass is 9.87. The molecule has 4 unspecified atom stereocenters. The van der Waals surface area contributed by atoms with Crippen molar-refractivity contribution in [1.82, 2.24) is 10.3 Å². The third-order valence-corrected chi connectivity index (χ3v) is 7.41. The minimum atomic E-state index is -0.582. The Labute approximate surface area is 186 Å². The van der Waals surface area contributed by atoms with Crippen molar-refractivity contribution in [2.24, 2.45) is 5.92 Å². The highest BCUT2D eigenvalue weighted by molar-refractivity contribution is 7.12. The third kappa shape index (κ3) is 3.89. The zero-order chi connectivity index (χ0) is 20.0. The first-order valence-corrected chi connectivity index (χ1v) is 11.2. The fraction of sp³-hybridized carbons (Fsp3) is 0.435. The number of aliphatic hydroxyl groups excluding tert-OH is 1. The Balaban J connectivity index is 0.00000218. The van der Waals surface area contributed by atoms with Crippen molar-refractivity contribution in [3.8, 4) is 5.75 Å². The molecule has 1 aromatic carbocycles. The molecule has 0 radical (unpaired) electrons. The number of ketones is 1. The summed E-state index contributed by atoms with van der Waals surface area (Å²) >= 11 is 1.74. The van der Waals surface area contributed by atoms with Crippen molar-refractivity contribution < 1.29 is 14.6 Å². The SMILES string of the molecule is Cc1cc2c(s1)CCC(CNC1CCC(Oc3cccc4[nH]ccc34)C1O)C2=O.Cl. The summed E-state index contributed by atoms with van der Waals surface area (Å²) in [6, 6.07) is 9.91. The van der Waals surface area contributed by atoms with Crippen LogP contribution in [0.1, 0.15) is 39.4 Å². The highest BCUT2D eigenvalue weighted by atomic mass is 35.5. The number of aromatic amines is 1. The quantitative estimate of drug-likeness (QED) is 0.547. The number of carbonyl (C=O) groups excluding carboxylic acids is 1. The Kier molecular flexibility index (Phi) is 6.21. The van der Waals surface area contributed by atoms with E-state index in [0.717, 1.165) is 47.9 Å². The second-order valence-electron chi connectivity index (χ2n) is 8.23. The molecule has 3 N–H and O–H groups in total. The van der Waals surface area contributed by atoms with Gasteiger partial charge in [-0.3, -0.25) is 4.79 Å². The molecule has 7 heteroatoms. The Morgan fingerprint density at radius 3 is 3.00 bits per heavy atom. The molecule has 5 nitrogen and oxygen atoms in total. The third-order valence-electron chi connectivity index (χ3n) is 6.30. The number of Topliss-reactive ketones (excluding diaryl/α,β-unsaturated/α-hetero) is 1. The summed E-state index contributed by atoms with van der Waals surface area (Å²) in [7, 11) is 0. The topological polar surface area (TPSA) is 74.3 Å². The van der Waals surface area contributed by atoms with Crippen LogP contribution in [-0.4, -0.2) is 40.7 Å². The van der Waals surface area contributed by atoms with E-state index < -0.39 is 6.10 Å². The van der Waals surface area contributed by atoms with Crippen LogP contribution in [0.3, 0.4) is 0 Å². The van der Waals surface area contributed by atoms with Gasteiger partial charge in [-0.15, -0.1) is 23.7 Å². The summed E-state index contributed by atoms with van der Waals surface area (Å²) in [5.41, 5.74) is 1.95. The van der Waals surface area contributed by atoms with Crippen LogP contribution < -0.4 is 10.1 Å². The first-order chi connectivity index (χ1) is 14.1. The monoisotopic (exact) mass is 446 g/mol. The summed E-state index contributed by atoms with van der Waals surface area (Å²) in [5, 5.41) is 15.3. The number of nitrogens with one attached hydrogen (secondary N) is 2. The van der Waals surface area contributed by atoms with Gasteiger partial charge in [0.05, 0.1) is 0 Å². The van der Waals surface area contributed by atoms with Gasteiger partial charge in [0.25, 0.3) is 0 Å². The molecule has 2 aliphatic rings. The summed E-state index contributed by atoms with van der Waals surface area (Å²) in [4.78, 5) is 18.4. The number of benzene rings is 1. The largest absolute Gasteiger partial charge is 0.487 e. The van der Waals surface area contributed by atoms with E-state index in [2.05, 4.69) is 17.2 Å². The number of aryl methyl sites for hydroxylation is 2. The van der Waals surface area contributed by atoms with Gasteiger partial charge in [-0.2, -0.15) is 0 Å². The number of thiophene rings is 1. The van der Waals surface area contributed by atoms with Gasteiger partial charge >= 0.3 is 0 Å². The van der Waals surface area contributed by atoms with Crippen LogP contribution in [0.25, 0.3) is 10.9 Å². The normalized spacial score (nSPS) is 25.9. The molecule has 4 atom stereocenters. The van der Waals surface area contributed by atoms with E-state index in [-0.39, 0.29) is 36.3 Å². The summed E-state index contributed by atoms with van der Waals surface area (Å²) in [6.45, 7) is 2.68. The lowest BCUT2D eigenvalue weighted by Crippen LogP contribution is -2.44. The molecular weight excluding hydrogens is 420 g/mol. The summed E-state index contributed by atoms with van der Waals surface area (Å²) < 4.78 is 6.18. The smallest absolute Gasteiger partial charge is 0.168 e. The molecule has 1 fully saturated rings. The van der Waals surface area contributed by atoms with Crippen LogP contribution in [-0.2, 0) is 6.42 Å². The number of aliphatic hydroxyl groups is 1. The maximum absolute atomic E-state index is 12.8. The maximum Gasteiger partial charge on any atom is 0.168 e. The number of aromatic nitrogens is 1. The molecular formula is C23H27ClN2O3S. The van der Waals surface area contributed by atoms with Crippen LogP contribution >= 0.6 is 23.7 Å². The average Bonchev–Trinajstić information content (AvgIpc) is 3.42. The number of rotatable bonds is 5. The van der Waals surface area contributed by atoms with Gasteiger partial charge in [-0.25, -0.2) is 0 Å².